The topological polar surface area (TPSA) is 114 Å². The first-order valence-electron chi connectivity index (χ1n) is 8.65. The number of nitrogens with zero attached hydrogens (tertiary/aromatic N) is 6. The first kappa shape index (κ1) is 20.0. The number of nitrogens with one attached hydrogen (secondary N) is 2. The van der Waals surface area contributed by atoms with Crippen LogP contribution in [0.15, 0.2) is 62.8 Å². The fourth-order valence-electron chi connectivity index (χ4n) is 2.38. The number of anilines is 1. The third kappa shape index (κ3) is 4.83. The molecule has 4 aromatic rings. The molecule has 0 bridgehead atoms. The predicted molar refractivity (Wildman–Crippen MR) is 109 cm³/mol. The number of carbonyl (C=O) groups is 1. The Hall–Kier alpha value is -3.25. The molecule has 0 aliphatic heterocycles. The summed E-state index contributed by atoms with van der Waals surface area (Å²) in [6.45, 7) is 1.79. The van der Waals surface area contributed by atoms with E-state index < -0.39 is 5.91 Å². The van der Waals surface area contributed by atoms with E-state index in [-0.39, 0.29) is 11.5 Å². The molecular weight excluding hydrogens is 427 g/mol. The van der Waals surface area contributed by atoms with Gasteiger partial charge in [0.15, 0.2) is 16.7 Å². The molecule has 0 saturated heterocycles. The summed E-state index contributed by atoms with van der Waals surface area (Å²) in [6.07, 6.45) is 3.26. The lowest BCUT2D eigenvalue weighted by Gasteiger charge is -2.09. The lowest BCUT2D eigenvalue weighted by atomic mass is 10.3. The highest BCUT2D eigenvalue weighted by Crippen LogP contribution is 2.31. The third-order valence-electron chi connectivity index (χ3n) is 3.70. The molecule has 30 heavy (non-hydrogen) atoms. The number of hydrogen-bond acceptors (Lipinski definition) is 8. The summed E-state index contributed by atoms with van der Waals surface area (Å²) in [5.74, 6) is 0.266. The molecule has 3 aromatic heterocycles. The zero-order chi connectivity index (χ0) is 21.1. The van der Waals surface area contributed by atoms with E-state index in [2.05, 4.69) is 35.6 Å². The summed E-state index contributed by atoms with van der Waals surface area (Å²) in [5.41, 5.74) is 0.121. The predicted octanol–water partition coefficient (Wildman–Crippen LogP) is 3.33. The Balaban J connectivity index is 1.64. The van der Waals surface area contributed by atoms with Crippen LogP contribution >= 0.6 is 23.5 Å². The van der Waals surface area contributed by atoms with E-state index >= 15 is 0 Å². The van der Waals surface area contributed by atoms with Crippen molar-refractivity contribution in [2.75, 3.05) is 5.32 Å². The smallest absolute Gasteiger partial charge is 0.278 e. The normalized spacial score (nSPS) is 10.9. The van der Waals surface area contributed by atoms with E-state index in [1.165, 1.54) is 35.7 Å². The van der Waals surface area contributed by atoms with E-state index in [0.29, 0.717) is 26.9 Å². The average molecular weight is 443 g/mol. The zero-order valence-corrected chi connectivity index (χ0v) is 17.5. The fraction of sp³-hybridized carbons (Fsp3) is 0.111. The molecule has 152 valence electrons. The molecule has 0 fully saturated rings. The Bertz CT molecular complexity index is 1190. The molecule has 0 spiro atoms. The molecule has 3 heterocycles. The molecule has 0 radical (unpaired) electrons. The minimum Gasteiger partial charge on any atom is -0.320 e. The van der Waals surface area contributed by atoms with Gasteiger partial charge in [0, 0.05) is 24.2 Å². The van der Waals surface area contributed by atoms with Crippen LogP contribution in [0, 0.1) is 12.7 Å². The quantitative estimate of drug-likeness (QED) is 0.467. The molecule has 0 saturated carbocycles. The molecule has 0 aliphatic carbocycles. The highest BCUT2D eigenvalue weighted by molar-refractivity contribution is 7.99. The van der Waals surface area contributed by atoms with Crippen molar-refractivity contribution in [3.63, 3.8) is 0 Å². The Morgan fingerprint density at radius 3 is 2.63 bits per heavy atom. The fourth-order valence-corrected chi connectivity index (χ4v) is 3.93. The number of carbonyl (C=O) groups excluding carboxylic acids is 1. The maximum atomic E-state index is 13.2. The SMILES string of the molecule is Cc1nnc(Sc2cnc(Sc3ccc(F)cc3)c(C(=O)Nc3ccn(C)n3)n2)[nH]1. The summed E-state index contributed by atoms with van der Waals surface area (Å²) in [5, 5.41) is 16.2. The molecule has 1 amide bonds. The maximum absolute atomic E-state index is 13.2. The number of hydrogen-bond donors (Lipinski definition) is 2. The van der Waals surface area contributed by atoms with Gasteiger partial charge in [0.25, 0.3) is 5.91 Å². The number of H-pyrrole nitrogens is 1. The monoisotopic (exact) mass is 442 g/mol. The van der Waals surface area contributed by atoms with Crippen LogP contribution in [0.2, 0.25) is 0 Å². The zero-order valence-electron chi connectivity index (χ0n) is 15.8. The van der Waals surface area contributed by atoms with Crippen molar-refractivity contribution in [2.24, 2.45) is 7.05 Å². The summed E-state index contributed by atoms with van der Waals surface area (Å²) >= 11 is 2.42. The van der Waals surface area contributed by atoms with Gasteiger partial charge in [-0.05, 0) is 43.0 Å². The summed E-state index contributed by atoms with van der Waals surface area (Å²) < 4.78 is 14.8. The van der Waals surface area contributed by atoms with Gasteiger partial charge in [-0.2, -0.15) is 5.10 Å². The largest absolute Gasteiger partial charge is 0.320 e. The van der Waals surface area contributed by atoms with Crippen LogP contribution in [-0.2, 0) is 7.05 Å². The molecule has 9 nitrogen and oxygen atoms in total. The summed E-state index contributed by atoms with van der Waals surface area (Å²) in [6, 6.07) is 7.60. The van der Waals surface area contributed by atoms with Crippen molar-refractivity contribution in [3.8, 4) is 0 Å². The molecule has 2 N–H and O–H groups in total. The van der Waals surface area contributed by atoms with Gasteiger partial charge in [-0.15, -0.1) is 10.2 Å². The van der Waals surface area contributed by atoms with Crippen LogP contribution in [0.5, 0.6) is 0 Å². The van der Waals surface area contributed by atoms with Gasteiger partial charge < -0.3 is 10.3 Å². The number of aromatic nitrogens is 7. The lowest BCUT2D eigenvalue weighted by molar-refractivity contribution is 0.101. The first-order chi connectivity index (χ1) is 14.5. The van der Waals surface area contributed by atoms with Gasteiger partial charge >= 0.3 is 0 Å². The van der Waals surface area contributed by atoms with Crippen LogP contribution in [0.1, 0.15) is 16.3 Å². The minimum atomic E-state index is -0.456. The van der Waals surface area contributed by atoms with Crippen molar-refractivity contribution in [2.45, 2.75) is 27.0 Å². The van der Waals surface area contributed by atoms with Crippen molar-refractivity contribution in [1.29, 1.82) is 0 Å². The van der Waals surface area contributed by atoms with Crippen LogP contribution < -0.4 is 5.32 Å². The second-order valence-electron chi connectivity index (χ2n) is 6.06. The van der Waals surface area contributed by atoms with Crippen molar-refractivity contribution in [1.82, 2.24) is 34.9 Å². The van der Waals surface area contributed by atoms with Gasteiger partial charge in [-0.3, -0.25) is 9.48 Å². The van der Waals surface area contributed by atoms with E-state index in [0.717, 1.165) is 4.90 Å². The van der Waals surface area contributed by atoms with Crippen LogP contribution in [0.4, 0.5) is 10.2 Å². The molecule has 0 atom stereocenters. The van der Waals surface area contributed by atoms with Gasteiger partial charge in [0.05, 0.1) is 6.20 Å². The molecule has 1 aromatic carbocycles. The molecule has 0 aliphatic rings. The summed E-state index contributed by atoms with van der Waals surface area (Å²) in [7, 11) is 1.75. The Labute approximate surface area is 178 Å². The van der Waals surface area contributed by atoms with Crippen molar-refractivity contribution in [3.05, 3.63) is 60.1 Å². The van der Waals surface area contributed by atoms with Crippen molar-refractivity contribution < 1.29 is 9.18 Å². The average Bonchev–Trinajstić information content (AvgIpc) is 3.32. The number of aromatic amines is 1. The van der Waals surface area contributed by atoms with Crippen LogP contribution in [0.25, 0.3) is 0 Å². The van der Waals surface area contributed by atoms with E-state index in [4.69, 9.17) is 0 Å². The van der Waals surface area contributed by atoms with Gasteiger partial charge in [0.2, 0.25) is 0 Å². The lowest BCUT2D eigenvalue weighted by Crippen LogP contribution is -2.16. The third-order valence-corrected chi connectivity index (χ3v) is 5.48. The Morgan fingerprint density at radius 2 is 1.97 bits per heavy atom. The second-order valence-corrected chi connectivity index (χ2v) is 8.14. The van der Waals surface area contributed by atoms with Crippen LogP contribution in [0.3, 0.4) is 0 Å². The number of aryl methyl sites for hydroxylation is 2. The first-order valence-corrected chi connectivity index (χ1v) is 10.3. The van der Waals surface area contributed by atoms with Gasteiger partial charge in [-0.1, -0.05) is 11.8 Å². The Morgan fingerprint density at radius 1 is 1.17 bits per heavy atom. The van der Waals surface area contributed by atoms with Crippen molar-refractivity contribution >= 4 is 35.2 Å². The van der Waals surface area contributed by atoms with E-state index in [9.17, 15) is 9.18 Å². The molecule has 0 unspecified atom stereocenters. The number of amides is 1. The Kier molecular flexibility index (Phi) is 5.77. The standard InChI is InChI=1S/C18H15FN8OS2/c1-10-21-18(25-24-10)30-14-9-20-17(29-12-5-3-11(19)4-6-12)15(23-14)16(28)22-13-7-8-27(2)26-13/h3-9H,1-2H3,(H,21,24,25)(H,22,26,28). The molecule has 12 heteroatoms. The molecule has 4 rings (SSSR count). The highest BCUT2D eigenvalue weighted by Gasteiger charge is 2.19. The number of halogens is 1. The van der Waals surface area contributed by atoms with Gasteiger partial charge in [-0.25, -0.2) is 14.4 Å². The van der Waals surface area contributed by atoms with E-state index in [1.807, 2.05) is 0 Å². The van der Waals surface area contributed by atoms with E-state index in [1.54, 1.807) is 49.2 Å². The molecular formula is C18H15FN8OS2. The number of benzene rings is 1. The summed E-state index contributed by atoms with van der Waals surface area (Å²) in [4.78, 5) is 25.5. The highest BCUT2D eigenvalue weighted by atomic mass is 32.2. The minimum absolute atomic E-state index is 0.121. The number of rotatable bonds is 6. The second kappa shape index (κ2) is 8.63. The maximum Gasteiger partial charge on any atom is 0.278 e. The van der Waals surface area contributed by atoms with Crippen LogP contribution in [-0.4, -0.2) is 40.8 Å². The van der Waals surface area contributed by atoms with Gasteiger partial charge in [0.1, 0.15) is 21.7 Å².